The summed E-state index contributed by atoms with van der Waals surface area (Å²) in [6.07, 6.45) is 3.53. The summed E-state index contributed by atoms with van der Waals surface area (Å²) in [6, 6.07) is 11.0. The maximum absolute atomic E-state index is 12.0. The molecule has 0 spiro atoms. The summed E-state index contributed by atoms with van der Waals surface area (Å²) in [5, 5.41) is 6.22. The molecule has 1 amide bonds. The molecule has 2 N–H and O–H groups in total. The quantitative estimate of drug-likeness (QED) is 0.457. The van der Waals surface area contributed by atoms with Crippen LogP contribution in [0.15, 0.2) is 53.8 Å². The molecule has 2 aromatic rings. The molecule has 27 heavy (non-hydrogen) atoms. The number of rotatable bonds is 5. The van der Waals surface area contributed by atoms with Gasteiger partial charge in [0.15, 0.2) is 5.96 Å². The van der Waals surface area contributed by atoms with Crippen molar-refractivity contribution in [3.63, 3.8) is 0 Å². The smallest absolute Gasteiger partial charge is 0.251 e. The van der Waals surface area contributed by atoms with E-state index in [9.17, 15) is 4.79 Å². The number of carbonyl (C=O) groups excluding carboxylic acids is 1. The van der Waals surface area contributed by atoms with Crippen molar-refractivity contribution in [2.45, 2.75) is 0 Å². The zero-order chi connectivity index (χ0) is 18.9. The van der Waals surface area contributed by atoms with Crippen molar-refractivity contribution in [1.29, 1.82) is 0 Å². The standard InChI is InChI=1S/C19H25N7O/c1-20-18(24-11-10-21-17(27)16-6-3-2-4-7-16)25-12-14-26(15-13-25)19-22-8-5-9-23-19/h2-9H,10-15H2,1H3,(H,20,24)(H,21,27). The maximum Gasteiger partial charge on any atom is 0.251 e. The van der Waals surface area contributed by atoms with Crippen LogP contribution in [-0.4, -0.2) is 73.1 Å². The number of aromatic nitrogens is 2. The fourth-order valence-electron chi connectivity index (χ4n) is 2.95. The number of guanidine groups is 1. The van der Waals surface area contributed by atoms with Crippen molar-refractivity contribution in [3.8, 4) is 0 Å². The van der Waals surface area contributed by atoms with E-state index < -0.39 is 0 Å². The normalized spacial score (nSPS) is 14.8. The Morgan fingerprint density at radius 1 is 1.00 bits per heavy atom. The van der Waals surface area contributed by atoms with E-state index in [2.05, 4.69) is 35.4 Å². The number of aliphatic imine (C=N–C) groups is 1. The van der Waals surface area contributed by atoms with Crippen molar-refractivity contribution in [2.75, 3.05) is 51.2 Å². The van der Waals surface area contributed by atoms with E-state index in [1.807, 2.05) is 24.3 Å². The summed E-state index contributed by atoms with van der Waals surface area (Å²) in [7, 11) is 1.78. The lowest BCUT2D eigenvalue weighted by molar-refractivity contribution is 0.0954. The van der Waals surface area contributed by atoms with Gasteiger partial charge in [-0.15, -0.1) is 0 Å². The summed E-state index contributed by atoms with van der Waals surface area (Å²) < 4.78 is 0. The molecule has 0 aliphatic carbocycles. The van der Waals surface area contributed by atoms with Crippen LogP contribution in [0.3, 0.4) is 0 Å². The van der Waals surface area contributed by atoms with Gasteiger partial charge in [0.05, 0.1) is 0 Å². The van der Waals surface area contributed by atoms with Crippen molar-refractivity contribution in [2.24, 2.45) is 4.99 Å². The van der Waals surface area contributed by atoms with Gasteiger partial charge in [-0.05, 0) is 18.2 Å². The second-order valence-corrected chi connectivity index (χ2v) is 6.12. The van der Waals surface area contributed by atoms with Crippen LogP contribution in [0.4, 0.5) is 5.95 Å². The highest BCUT2D eigenvalue weighted by Crippen LogP contribution is 2.09. The highest BCUT2D eigenvalue weighted by Gasteiger charge is 2.20. The fraction of sp³-hybridized carbons (Fsp3) is 0.368. The lowest BCUT2D eigenvalue weighted by Crippen LogP contribution is -2.53. The number of anilines is 1. The second kappa shape index (κ2) is 9.51. The minimum Gasteiger partial charge on any atom is -0.354 e. The third-order valence-electron chi connectivity index (χ3n) is 4.36. The SMILES string of the molecule is CN=C(NCCNC(=O)c1ccccc1)N1CCN(c2ncccn2)CC1. The van der Waals surface area contributed by atoms with Gasteiger partial charge in [-0.25, -0.2) is 9.97 Å². The van der Waals surface area contributed by atoms with E-state index in [1.54, 1.807) is 31.6 Å². The summed E-state index contributed by atoms with van der Waals surface area (Å²) in [5.74, 6) is 1.55. The van der Waals surface area contributed by atoms with E-state index in [1.165, 1.54) is 0 Å². The van der Waals surface area contributed by atoms with Crippen molar-refractivity contribution in [1.82, 2.24) is 25.5 Å². The van der Waals surface area contributed by atoms with Crippen LogP contribution in [0, 0.1) is 0 Å². The molecule has 1 fully saturated rings. The molecule has 3 rings (SSSR count). The topological polar surface area (TPSA) is 85.8 Å². The molecule has 0 unspecified atom stereocenters. The van der Waals surface area contributed by atoms with Crippen molar-refractivity contribution < 1.29 is 4.79 Å². The molecule has 1 aliphatic rings. The van der Waals surface area contributed by atoms with Gasteiger partial charge in [-0.3, -0.25) is 9.79 Å². The molecule has 0 atom stereocenters. The molecular weight excluding hydrogens is 342 g/mol. The molecule has 0 radical (unpaired) electrons. The van der Waals surface area contributed by atoms with E-state index >= 15 is 0 Å². The average molecular weight is 367 g/mol. The Morgan fingerprint density at radius 3 is 2.33 bits per heavy atom. The van der Waals surface area contributed by atoms with Gasteiger partial charge in [0.1, 0.15) is 0 Å². The third-order valence-corrected chi connectivity index (χ3v) is 4.36. The number of nitrogens with zero attached hydrogens (tertiary/aromatic N) is 5. The predicted molar refractivity (Wildman–Crippen MR) is 106 cm³/mol. The molecule has 8 nitrogen and oxygen atoms in total. The Kier molecular flexibility index (Phi) is 6.56. The van der Waals surface area contributed by atoms with Crippen LogP contribution in [0.5, 0.6) is 0 Å². The minimum absolute atomic E-state index is 0.0659. The second-order valence-electron chi connectivity index (χ2n) is 6.12. The van der Waals surface area contributed by atoms with E-state index in [-0.39, 0.29) is 5.91 Å². The van der Waals surface area contributed by atoms with Gasteiger partial charge in [0, 0.05) is 64.3 Å². The molecule has 0 saturated carbocycles. The lowest BCUT2D eigenvalue weighted by atomic mass is 10.2. The zero-order valence-electron chi connectivity index (χ0n) is 15.5. The molecule has 1 saturated heterocycles. The van der Waals surface area contributed by atoms with Gasteiger partial charge < -0.3 is 20.4 Å². The Hall–Kier alpha value is -3.16. The monoisotopic (exact) mass is 367 g/mol. The van der Waals surface area contributed by atoms with E-state index in [0.717, 1.165) is 38.1 Å². The van der Waals surface area contributed by atoms with Gasteiger partial charge in [0.25, 0.3) is 5.91 Å². The molecule has 1 aliphatic heterocycles. The summed E-state index contributed by atoms with van der Waals surface area (Å²) in [4.78, 5) is 29.4. The molecule has 2 heterocycles. The number of hydrogen-bond acceptors (Lipinski definition) is 5. The van der Waals surface area contributed by atoms with Crippen LogP contribution >= 0.6 is 0 Å². The van der Waals surface area contributed by atoms with Gasteiger partial charge in [-0.2, -0.15) is 0 Å². The fourth-order valence-corrected chi connectivity index (χ4v) is 2.95. The van der Waals surface area contributed by atoms with Crippen LogP contribution in [-0.2, 0) is 0 Å². The highest BCUT2D eigenvalue weighted by molar-refractivity contribution is 5.94. The Bertz CT molecular complexity index is 743. The van der Waals surface area contributed by atoms with E-state index in [4.69, 9.17) is 0 Å². The average Bonchev–Trinajstić information content (AvgIpc) is 2.75. The first kappa shape index (κ1) is 18.6. The Labute approximate surface area is 159 Å². The lowest BCUT2D eigenvalue weighted by Gasteiger charge is -2.36. The zero-order valence-corrected chi connectivity index (χ0v) is 15.5. The van der Waals surface area contributed by atoms with Crippen LogP contribution < -0.4 is 15.5 Å². The first-order chi connectivity index (χ1) is 13.3. The van der Waals surface area contributed by atoms with E-state index in [0.29, 0.717) is 18.7 Å². The molecule has 142 valence electrons. The summed E-state index contributed by atoms with van der Waals surface area (Å²) in [5.41, 5.74) is 0.668. The van der Waals surface area contributed by atoms with Crippen molar-refractivity contribution in [3.05, 3.63) is 54.4 Å². The van der Waals surface area contributed by atoms with Crippen LogP contribution in [0.25, 0.3) is 0 Å². The van der Waals surface area contributed by atoms with Crippen LogP contribution in [0.2, 0.25) is 0 Å². The first-order valence-corrected chi connectivity index (χ1v) is 9.09. The number of piperazine rings is 1. The molecular formula is C19H25N7O. The molecule has 1 aromatic carbocycles. The molecule has 1 aromatic heterocycles. The number of benzene rings is 1. The minimum atomic E-state index is -0.0659. The predicted octanol–water partition coefficient (Wildman–Crippen LogP) is 0.604. The number of amides is 1. The Morgan fingerprint density at radius 2 is 1.67 bits per heavy atom. The largest absolute Gasteiger partial charge is 0.354 e. The van der Waals surface area contributed by atoms with Crippen LogP contribution in [0.1, 0.15) is 10.4 Å². The van der Waals surface area contributed by atoms with Gasteiger partial charge in [0.2, 0.25) is 5.95 Å². The maximum atomic E-state index is 12.0. The molecule has 8 heteroatoms. The van der Waals surface area contributed by atoms with Gasteiger partial charge >= 0.3 is 0 Å². The Balaban J connectivity index is 1.40. The number of hydrogen-bond donors (Lipinski definition) is 2. The molecule has 0 bridgehead atoms. The first-order valence-electron chi connectivity index (χ1n) is 9.09. The van der Waals surface area contributed by atoms with Gasteiger partial charge in [-0.1, -0.05) is 18.2 Å². The number of carbonyl (C=O) groups is 1. The number of nitrogens with one attached hydrogen (secondary N) is 2. The van der Waals surface area contributed by atoms with Crippen molar-refractivity contribution >= 4 is 17.8 Å². The highest BCUT2D eigenvalue weighted by atomic mass is 16.1. The third kappa shape index (κ3) is 5.16. The summed E-state index contributed by atoms with van der Waals surface area (Å²) >= 11 is 0. The summed E-state index contributed by atoms with van der Waals surface area (Å²) in [6.45, 7) is 4.52.